The molecule has 2 aromatic rings. The molecular formula is C29H40N4O4. The van der Waals surface area contributed by atoms with Gasteiger partial charge in [0.05, 0.1) is 17.4 Å². The van der Waals surface area contributed by atoms with E-state index in [1.807, 2.05) is 12.3 Å². The van der Waals surface area contributed by atoms with Gasteiger partial charge in [-0.15, -0.1) is 0 Å². The first-order valence-electron chi connectivity index (χ1n) is 13.7. The van der Waals surface area contributed by atoms with Gasteiger partial charge >= 0.3 is 12.2 Å². The van der Waals surface area contributed by atoms with E-state index in [1.165, 1.54) is 42.5 Å². The van der Waals surface area contributed by atoms with Crippen LogP contribution >= 0.6 is 0 Å². The standard InChI is InChI=1S/C29H40N4O4/c1-28(2,3)36-26(34)32(27(35)37-29(4,5)6)16-18-14-21(15-18)33-17-23(24(31-33)20-11-12-20)25-22(19-9-10-19)8-7-13-30-25/h7-8,13,17-21H,9-12,14-16H2,1-6H3. The first kappa shape index (κ1) is 25.7. The van der Waals surface area contributed by atoms with Crippen LogP contribution in [0, 0.1) is 5.92 Å². The van der Waals surface area contributed by atoms with Crippen molar-refractivity contribution < 1.29 is 19.1 Å². The number of aromatic nitrogens is 3. The molecule has 5 rings (SSSR count). The highest BCUT2D eigenvalue weighted by molar-refractivity contribution is 5.88. The van der Waals surface area contributed by atoms with Crippen LogP contribution in [0.25, 0.3) is 11.3 Å². The average molecular weight is 509 g/mol. The Labute approximate surface area is 219 Å². The zero-order chi connectivity index (χ0) is 26.5. The van der Waals surface area contributed by atoms with Gasteiger partial charge in [0, 0.05) is 30.4 Å². The third-order valence-corrected chi connectivity index (χ3v) is 7.09. The molecule has 8 nitrogen and oxygen atoms in total. The van der Waals surface area contributed by atoms with Gasteiger partial charge in [-0.05, 0) is 104 Å². The molecule has 37 heavy (non-hydrogen) atoms. The van der Waals surface area contributed by atoms with Gasteiger partial charge in [-0.3, -0.25) is 9.67 Å². The molecule has 2 aromatic heterocycles. The second kappa shape index (κ2) is 9.44. The van der Waals surface area contributed by atoms with E-state index >= 15 is 0 Å². The van der Waals surface area contributed by atoms with E-state index in [1.54, 1.807) is 41.5 Å². The largest absolute Gasteiger partial charge is 0.443 e. The minimum absolute atomic E-state index is 0.166. The number of hydrogen-bond donors (Lipinski definition) is 0. The molecule has 3 saturated carbocycles. The molecular weight excluding hydrogens is 468 g/mol. The van der Waals surface area contributed by atoms with Crippen LogP contribution in [-0.2, 0) is 9.47 Å². The molecule has 3 fully saturated rings. The van der Waals surface area contributed by atoms with Crippen LogP contribution < -0.4 is 0 Å². The lowest BCUT2D eigenvalue weighted by molar-refractivity contribution is -0.00641. The first-order chi connectivity index (χ1) is 17.4. The maximum Gasteiger partial charge on any atom is 0.419 e. The van der Waals surface area contributed by atoms with Crippen molar-refractivity contribution in [2.45, 2.75) is 109 Å². The molecule has 200 valence electrons. The number of imide groups is 1. The maximum absolute atomic E-state index is 12.9. The topological polar surface area (TPSA) is 86.5 Å². The summed E-state index contributed by atoms with van der Waals surface area (Å²) in [4.78, 5) is 31.6. The SMILES string of the molecule is CC(C)(C)OC(=O)N(CC1CC(n2cc(-c3ncccc3C3CC3)c(C3CC3)n2)C1)C(=O)OC(C)(C)C. The number of carbonyl (C=O) groups excluding carboxylic acids is 2. The molecule has 0 aliphatic heterocycles. The summed E-state index contributed by atoms with van der Waals surface area (Å²) in [5.74, 6) is 1.31. The molecule has 0 aromatic carbocycles. The van der Waals surface area contributed by atoms with Crippen molar-refractivity contribution in [3.05, 3.63) is 35.8 Å². The summed E-state index contributed by atoms with van der Waals surface area (Å²) in [5, 5.41) is 5.05. The first-order valence-corrected chi connectivity index (χ1v) is 13.7. The summed E-state index contributed by atoms with van der Waals surface area (Å²) in [6.07, 6.45) is 9.27. The van der Waals surface area contributed by atoms with Gasteiger partial charge in [-0.2, -0.15) is 5.10 Å². The maximum atomic E-state index is 12.9. The predicted octanol–water partition coefficient (Wildman–Crippen LogP) is 6.82. The van der Waals surface area contributed by atoms with Crippen LogP contribution in [-0.4, -0.2) is 49.6 Å². The van der Waals surface area contributed by atoms with Gasteiger partial charge < -0.3 is 9.47 Å². The minimum Gasteiger partial charge on any atom is -0.443 e. The van der Waals surface area contributed by atoms with Crippen molar-refractivity contribution >= 4 is 12.2 Å². The summed E-state index contributed by atoms with van der Waals surface area (Å²) in [6.45, 7) is 11.0. The molecule has 0 atom stereocenters. The molecule has 0 saturated heterocycles. The highest BCUT2D eigenvalue weighted by Crippen LogP contribution is 2.49. The molecule has 0 N–H and O–H groups in total. The molecule has 3 aliphatic carbocycles. The van der Waals surface area contributed by atoms with Crippen molar-refractivity contribution in [1.29, 1.82) is 0 Å². The summed E-state index contributed by atoms with van der Waals surface area (Å²) in [5.41, 5.74) is 3.39. The van der Waals surface area contributed by atoms with Gasteiger partial charge in [-0.1, -0.05) is 6.07 Å². The highest BCUT2D eigenvalue weighted by atomic mass is 16.6. The Kier molecular flexibility index (Phi) is 6.57. The molecule has 2 amide bonds. The smallest absolute Gasteiger partial charge is 0.419 e. The highest BCUT2D eigenvalue weighted by Gasteiger charge is 2.40. The van der Waals surface area contributed by atoms with Gasteiger partial charge in [0.25, 0.3) is 0 Å². The lowest BCUT2D eigenvalue weighted by Crippen LogP contribution is -2.47. The van der Waals surface area contributed by atoms with E-state index in [-0.39, 0.29) is 18.5 Å². The van der Waals surface area contributed by atoms with Crippen molar-refractivity contribution in [2.75, 3.05) is 6.54 Å². The van der Waals surface area contributed by atoms with Gasteiger partial charge in [0.15, 0.2) is 0 Å². The van der Waals surface area contributed by atoms with Crippen LogP contribution in [0.3, 0.4) is 0 Å². The summed E-state index contributed by atoms with van der Waals surface area (Å²) in [6, 6.07) is 4.49. The number of hydrogen-bond acceptors (Lipinski definition) is 6. The van der Waals surface area contributed by atoms with Crippen molar-refractivity contribution in [2.24, 2.45) is 5.92 Å². The number of pyridine rings is 1. The molecule has 3 aliphatic rings. The Morgan fingerprint density at radius 2 is 1.57 bits per heavy atom. The van der Waals surface area contributed by atoms with Crippen LogP contribution in [0.5, 0.6) is 0 Å². The Morgan fingerprint density at radius 3 is 2.11 bits per heavy atom. The number of ether oxygens (including phenoxy) is 2. The second-order valence-electron chi connectivity index (χ2n) is 13.0. The van der Waals surface area contributed by atoms with Crippen LogP contribution in [0.4, 0.5) is 9.59 Å². The normalized spacial score (nSPS) is 21.8. The van der Waals surface area contributed by atoms with Crippen LogP contribution in [0.15, 0.2) is 24.5 Å². The van der Waals surface area contributed by atoms with E-state index in [0.29, 0.717) is 11.8 Å². The van der Waals surface area contributed by atoms with Crippen LogP contribution in [0.2, 0.25) is 0 Å². The quantitative estimate of drug-likeness (QED) is 0.425. The number of nitrogens with zero attached hydrogens (tertiary/aromatic N) is 4. The fourth-order valence-electron chi connectivity index (χ4n) is 4.98. The third kappa shape index (κ3) is 6.16. The predicted molar refractivity (Wildman–Crippen MR) is 140 cm³/mol. The number of carbonyl (C=O) groups is 2. The zero-order valence-electron chi connectivity index (χ0n) is 23.0. The molecule has 0 radical (unpaired) electrons. The molecule has 2 heterocycles. The number of amides is 2. The Hall–Kier alpha value is -2.90. The van der Waals surface area contributed by atoms with Crippen molar-refractivity contribution in [3.8, 4) is 11.3 Å². The summed E-state index contributed by atoms with van der Waals surface area (Å²) in [7, 11) is 0. The fourth-order valence-corrected chi connectivity index (χ4v) is 4.98. The zero-order valence-corrected chi connectivity index (χ0v) is 23.0. The number of rotatable bonds is 6. The second-order valence-corrected chi connectivity index (χ2v) is 13.0. The fraction of sp³-hybridized carbons (Fsp3) is 0.655. The Bertz CT molecular complexity index is 1130. The van der Waals surface area contributed by atoms with E-state index in [4.69, 9.17) is 19.6 Å². The van der Waals surface area contributed by atoms with E-state index in [0.717, 1.165) is 23.4 Å². The summed E-state index contributed by atoms with van der Waals surface area (Å²) < 4.78 is 13.1. The van der Waals surface area contributed by atoms with Crippen LogP contribution in [0.1, 0.15) is 109 Å². The Morgan fingerprint density at radius 1 is 0.973 bits per heavy atom. The van der Waals surface area contributed by atoms with Crippen molar-refractivity contribution in [1.82, 2.24) is 19.7 Å². The summed E-state index contributed by atoms with van der Waals surface area (Å²) >= 11 is 0. The average Bonchev–Trinajstić information content (AvgIpc) is 3.68. The third-order valence-electron chi connectivity index (χ3n) is 7.09. The van der Waals surface area contributed by atoms with E-state index in [2.05, 4.69) is 16.9 Å². The molecule has 0 spiro atoms. The minimum atomic E-state index is -0.699. The molecule has 0 unspecified atom stereocenters. The monoisotopic (exact) mass is 508 g/mol. The van der Waals surface area contributed by atoms with Gasteiger partial charge in [0.1, 0.15) is 11.2 Å². The van der Waals surface area contributed by atoms with Crippen molar-refractivity contribution in [3.63, 3.8) is 0 Å². The lowest BCUT2D eigenvalue weighted by atomic mass is 9.80. The Balaban J connectivity index is 1.29. The van der Waals surface area contributed by atoms with E-state index in [9.17, 15) is 9.59 Å². The molecule has 0 bridgehead atoms. The molecule has 8 heteroatoms. The van der Waals surface area contributed by atoms with E-state index < -0.39 is 23.4 Å². The van der Waals surface area contributed by atoms with Gasteiger partial charge in [0.2, 0.25) is 0 Å². The lowest BCUT2D eigenvalue weighted by Gasteiger charge is -2.38. The van der Waals surface area contributed by atoms with Gasteiger partial charge in [-0.25, -0.2) is 14.5 Å².